The molecule has 0 aromatic heterocycles. The fourth-order valence-corrected chi connectivity index (χ4v) is 2.12. The summed E-state index contributed by atoms with van der Waals surface area (Å²) in [4.78, 5) is 0. The Labute approximate surface area is 121 Å². The van der Waals surface area contributed by atoms with Crippen LogP contribution in [0.4, 0.5) is 0 Å². The monoisotopic (exact) mass is 260 g/mol. The lowest BCUT2D eigenvalue weighted by atomic mass is 9.99. The van der Waals surface area contributed by atoms with Crippen LogP contribution in [0.2, 0.25) is 0 Å². The minimum atomic E-state index is 1.17. The van der Waals surface area contributed by atoms with Crippen LogP contribution in [0.25, 0.3) is 16.7 Å². The van der Waals surface area contributed by atoms with Gasteiger partial charge in [-0.3, -0.25) is 0 Å². The third-order valence-corrected chi connectivity index (χ3v) is 3.34. The standard InChI is InChI=1S/C20H20/c1-4-16(3)15-17(5-2)19-11-13-20(14-12-19)18-9-7-6-8-10-18/h4-15H,1H2,2-3H3/b16-15-,17-5+. The van der Waals surface area contributed by atoms with Crippen LogP contribution in [0.5, 0.6) is 0 Å². The summed E-state index contributed by atoms with van der Waals surface area (Å²) < 4.78 is 0. The normalized spacial score (nSPS) is 12.3. The Balaban J connectivity index is 2.31. The maximum absolute atomic E-state index is 3.80. The fraction of sp³-hybridized carbons (Fsp3) is 0.100. The molecule has 2 aromatic carbocycles. The van der Waals surface area contributed by atoms with Gasteiger partial charge in [0.2, 0.25) is 0 Å². The Hall–Kier alpha value is -2.34. The largest absolute Gasteiger partial charge is 0.0988 e. The van der Waals surface area contributed by atoms with Gasteiger partial charge in [-0.2, -0.15) is 0 Å². The summed E-state index contributed by atoms with van der Waals surface area (Å²) in [6, 6.07) is 19.1. The van der Waals surface area contributed by atoms with Gasteiger partial charge in [-0.25, -0.2) is 0 Å². The molecule has 100 valence electrons. The molecule has 0 saturated heterocycles. The van der Waals surface area contributed by atoms with Crippen molar-refractivity contribution in [1.29, 1.82) is 0 Å². The average Bonchev–Trinajstić information content (AvgIpc) is 2.53. The molecule has 0 atom stereocenters. The summed E-state index contributed by atoms with van der Waals surface area (Å²) in [7, 11) is 0. The molecule has 0 spiro atoms. The molecule has 20 heavy (non-hydrogen) atoms. The van der Waals surface area contributed by atoms with Gasteiger partial charge in [0, 0.05) is 0 Å². The van der Waals surface area contributed by atoms with Gasteiger partial charge >= 0.3 is 0 Å². The van der Waals surface area contributed by atoms with E-state index in [1.165, 1.54) is 27.8 Å². The number of hydrogen-bond donors (Lipinski definition) is 0. The average molecular weight is 260 g/mol. The van der Waals surface area contributed by atoms with E-state index in [1.807, 2.05) is 12.1 Å². The molecule has 2 aromatic rings. The van der Waals surface area contributed by atoms with Gasteiger partial charge in [0.1, 0.15) is 0 Å². The Morgan fingerprint density at radius 3 is 2.05 bits per heavy atom. The van der Waals surface area contributed by atoms with Crippen LogP contribution in [0.3, 0.4) is 0 Å². The molecule has 2 rings (SSSR count). The van der Waals surface area contributed by atoms with Gasteiger partial charge < -0.3 is 0 Å². The molecule has 0 saturated carbocycles. The van der Waals surface area contributed by atoms with Crippen molar-refractivity contribution in [2.75, 3.05) is 0 Å². The number of benzene rings is 2. The molecule has 0 fully saturated rings. The molecule has 0 radical (unpaired) electrons. The maximum Gasteiger partial charge on any atom is -0.0184 e. The van der Waals surface area contributed by atoms with Crippen molar-refractivity contribution in [2.24, 2.45) is 0 Å². The van der Waals surface area contributed by atoms with E-state index >= 15 is 0 Å². The van der Waals surface area contributed by atoms with Gasteiger partial charge in [0.25, 0.3) is 0 Å². The number of hydrogen-bond acceptors (Lipinski definition) is 0. The van der Waals surface area contributed by atoms with Crippen LogP contribution in [0, 0.1) is 0 Å². The molecule has 0 unspecified atom stereocenters. The van der Waals surface area contributed by atoms with E-state index in [0.29, 0.717) is 0 Å². The van der Waals surface area contributed by atoms with Crippen LogP contribution in [-0.2, 0) is 0 Å². The van der Waals surface area contributed by atoms with Crippen molar-refractivity contribution < 1.29 is 0 Å². The molecule has 0 nitrogen and oxygen atoms in total. The van der Waals surface area contributed by atoms with E-state index < -0.39 is 0 Å². The second-order valence-electron chi connectivity index (χ2n) is 4.78. The highest BCUT2D eigenvalue weighted by atomic mass is 14.0. The third kappa shape index (κ3) is 3.36. The van der Waals surface area contributed by atoms with Gasteiger partial charge in [0.05, 0.1) is 0 Å². The van der Waals surface area contributed by atoms with E-state index in [4.69, 9.17) is 0 Å². The predicted molar refractivity (Wildman–Crippen MR) is 89.5 cm³/mol. The smallest absolute Gasteiger partial charge is 0.0184 e. The molecule has 0 N–H and O–H groups in total. The molecule has 0 bridgehead atoms. The third-order valence-electron chi connectivity index (χ3n) is 3.34. The van der Waals surface area contributed by atoms with Crippen LogP contribution in [-0.4, -0.2) is 0 Å². The van der Waals surface area contributed by atoms with Gasteiger partial charge in [-0.15, -0.1) is 0 Å². The Morgan fingerprint density at radius 1 is 0.900 bits per heavy atom. The van der Waals surface area contributed by atoms with Crippen LogP contribution in [0.1, 0.15) is 19.4 Å². The Bertz CT molecular complexity index is 625. The molecule has 0 aliphatic heterocycles. The maximum atomic E-state index is 3.80. The first-order chi connectivity index (χ1) is 9.74. The molecule has 0 heteroatoms. The zero-order valence-corrected chi connectivity index (χ0v) is 12.1. The summed E-state index contributed by atoms with van der Waals surface area (Å²) in [5, 5.41) is 0. The van der Waals surface area contributed by atoms with E-state index in [9.17, 15) is 0 Å². The summed E-state index contributed by atoms with van der Waals surface area (Å²) in [5.74, 6) is 0. The van der Waals surface area contributed by atoms with Crippen LogP contribution < -0.4 is 0 Å². The first kappa shape index (κ1) is 14.1. The first-order valence-electron chi connectivity index (χ1n) is 6.87. The van der Waals surface area contributed by atoms with Crippen molar-refractivity contribution in [3.63, 3.8) is 0 Å². The lowest BCUT2D eigenvalue weighted by Crippen LogP contribution is -1.83. The van der Waals surface area contributed by atoms with E-state index in [1.54, 1.807) is 0 Å². The molecule has 0 aliphatic carbocycles. The zero-order chi connectivity index (χ0) is 14.4. The second-order valence-corrected chi connectivity index (χ2v) is 4.78. The van der Waals surface area contributed by atoms with Crippen molar-refractivity contribution in [2.45, 2.75) is 13.8 Å². The highest BCUT2D eigenvalue weighted by Gasteiger charge is 2.00. The van der Waals surface area contributed by atoms with Crippen LogP contribution >= 0.6 is 0 Å². The lowest BCUT2D eigenvalue weighted by molar-refractivity contribution is 1.51. The number of allylic oxidation sites excluding steroid dienone is 5. The second kappa shape index (κ2) is 6.72. The fourth-order valence-electron chi connectivity index (χ4n) is 2.12. The topological polar surface area (TPSA) is 0 Å². The summed E-state index contributed by atoms with van der Waals surface area (Å²) in [6.07, 6.45) is 6.16. The minimum Gasteiger partial charge on any atom is -0.0988 e. The van der Waals surface area contributed by atoms with Crippen molar-refractivity contribution in [1.82, 2.24) is 0 Å². The molecular formula is C20H20. The van der Waals surface area contributed by atoms with Crippen molar-refractivity contribution >= 4 is 5.57 Å². The first-order valence-corrected chi connectivity index (χ1v) is 6.87. The van der Waals surface area contributed by atoms with E-state index in [-0.39, 0.29) is 0 Å². The van der Waals surface area contributed by atoms with Crippen molar-refractivity contribution in [3.05, 3.63) is 90.5 Å². The zero-order valence-electron chi connectivity index (χ0n) is 12.1. The minimum absolute atomic E-state index is 1.17. The van der Waals surface area contributed by atoms with E-state index in [2.05, 4.69) is 81.1 Å². The molecular weight excluding hydrogens is 240 g/mol. The van der Waals surface area contributed by atoms with Crippen molar-refractivity contribution in [3.8, 4) is 11.1 Å². The van der Waals surface area contributed by atoms with Gasteiger partial charge in [-0.05, 0) is 36.1 Å². The predicted octanol–water partition coefficient (Wildman–Crippen LogP) is 5.89. The Kier molecular flexibility index (Phi) is 4.73. The summed E-state index contributed by atoms with van der Waals surface area (Å²) in [5.41, 5.74) is 6.12. The molecule has 0 amide bonds. The quantitative estimate of drug-likeness (QED) is 0.601. The Morgan fingerprint density at radius 2 is 1.50 bits per heavy atom. The van der Waals surface area contributed by atoms with Gasteiger partial charge in [0.15, 0.2) is 0 Å². The lowest BCUT2D eigenvalue weighted by Gasteiger charge is -2.06. The summed E-state index contributed by atoms with van der Waals surface area (Å²) in [6.45, 7) is 7.93. The van der Waals surface area contributed by atoms with Crippen LogP contribution in [0.15, 0.2) is 85.0 Å². The van der Waals surface area contributed by atoms with Gasteiger partial charge in [-0.1, -0.05) is 85.0 Å². The highest BCUT2D eigenvalue weighted by molar-refractivity contribution is 5.76. The molecule has 0 aliphatic rings. The SMILES string of the molecule is C=C/C(C)=C\C(=C/C)c1ccc(-c2ccccc2)cc1. The highest BCUT2D eigenvalue weighted by Crippen LogP contribution is 2.23. The number of rotatable bonds is 4. The molecule has 0 heterocycles. The van der Waals surface area contributed by atoms with E-state index in [0.717, 1.165) is 0 Å². The summed E-state index contributed by atoms with van der Waals surface area (Å²) >= 11 is 0.